The molecule has 0 aliphatic carbocycles. The molecule has 0 radical (unpaired) electrons. The largest absolute Gasteiger partial charge is 0.490 e. The summed E-state index contributed by atoms with van der Waals surface area (Å²) in [5, 5.41) is 9.45. The summed E-state index contributed by atoms with van der Waals surface area (Å²) in [7, 11) is 0. The molecular formula is C14H19FO2S. The zero-order valence-corrected chi connectivity index (χ0v) is 11.2. The van der Waals surface area contributed by atoms with Crippen molar-refractivity contribution in [1.82, 2.24) is 0 Å². The summed E-state index contributed by atoms with van der Waals surface area (Å²) in [6.45, 7) is 0.510. The first-order valence-corrected chi connectivity index (χ1v) is 7.52. The lowest BCUT2D eigenvalue weighted by molar-refractivity contribution is 0.111. The molecule has 1 fully saturated rings. The molecule has 2 nitrogen and oxygen atoms in total. The first-order chi connectivity index (χ1) is 8.81. The molecule has 4 heteroatoms. The third-order valence-corrected chi connectivity index (χ3v) is 4.51. The van der Waals surface area contributed by atoms with Crippen molar-refractivity contribution < 1.29 is 14.2 Å². The molecule has 0 bridgehead atoms. The summed E-state index contributed by atoms with van der Waals surface area (Å²) >= 11 is 1.96. The van der Waals surface area contributed by atoms with Gasteiger partial charge in [0.2, 0.25) is 0 Å². The number of para-hydroxylation sites is 1. The van der Waals surface area contributed by atoms with Crippen molar-refractivity contribution in [2.75, 3.05) is 24.7 Å². The van der Waals surface area contributed by atoms with Crippen LogP contribution in [0.15, 0.2) is 24.3 Å². The Balaban J connectivity index is 1.88. The summed E-state index contributed by atoms with van der Waals surface area (Å²) in [4.78, 5) is 0. The van der Waals surface area contributed by atoms with E-state index in [1.165, 1.54) is 6.07 Å². The summed E-state index contributed by atoms with van der Waals surface area (Å²) in [6, 6.07) is 6.41. The lowest BCUT2D eigenvalue weighted by Crippen LogP contribution is -2.28. The van der Waals surface area contributed by atoms with E-state index >= 15 is 0 Å². The van der Waals surface area contributed by atoms with E-state index in [2.05, 4.69) is 0 Å². The maximum atomic E-state index is 13.4. The first-order valence-electron chi connectivity index (χ1n) is 6.37. The molecule has 1 unspecified atom stereocenters. The number of hydrogen-bond donors (Lipinski definition) is 1. The molecule has 1 aliphatic heterocycles. The van der Waals surface area contributed by atoms with E-state index < -0.39 is 0 Å². The third kappa shape index (κ3) is 3.62. The molecule has 1 heterocycles. The van der Waals surface area contributed by atoms with Gasteiger partial charge in [-0.15, -0.1) is 0 Å². The molecule has 0 amide bonds. The number of thioether (sulfide) groups is 1. The summed E-state index contributed by atoms with van der Waals surface area (Å²) < 4.78 is 18.9. The van der Waals surface area contributed by atoms with Gasteiger partial charge in [-0.05, 0) is 42.4 Å². The van der Waals surface area contributed by atoms with Gasteiger partial charge in [-0.3, -0.25) is 0 Å². The van der Waals surface area contributed by atoms with Crippen LogP contribution in [0.4, 0.5) is 4.39 Å². The van der Waals surface area contributed by atoms with Gasteiger partial charge < -0.3 is 9.84 Å². The standard InChI is InChI=1S/C14H19FO2S/c15-13-3-1-2-4-14(13)17-10-12(9-16)11-5-7-18-8-6-11/h1-4,11-12,16H,5-10H2. The predicted molar refractivity (Wildman–Crippen MR) is 72.5 cm³/mol. The monoisotopic (exact) mass is 270 g/mol. The van der Waals surface area contributed by atoms with Crippen LogP contribution in [-0.4, -0.2) is 29.8 Å². The van der Waals surface area contributed by atoms with Crippen molar-refractivity contribution in [2.45, 2.75) is 12.8 Å². The second kappa shape index (κ2) is 7.00. The van der Waals surface area contributed by atoms with E-state index in [0.717, 1.165) is 24.3 Å². The second-order valence-electron chi connectivity index (χ2n) is 4.63. The molecular weight excluding hydrogens is 251 g/mol. The van der Waals surface area contributed by atoms with Gasteiger partial charge in [-0.25, -0.2) is 4.39 Å². The van der Waals surface area contributed by atoms with Crippen molar-refractivity contribution in [3.63, 3.8) is 0 Å². The van der Waals surface area contributed by atoms with Gasteiger partial charge in [-0.1, -0.05) is 12.1 Å². The minimum atomic E-state index is -0.339. The van der Waals surface area contributed by atoms with Crippen LogP contribution in [0, 0.1) is 17.7 Å². The van der Waals surface area contributed by atoms with Crippen molar-refractivity contribution in [1.29, 1.82) is 0 Å². The lowest BCUT2D eigenvalue weighted by atomic mass is 9.88. The highest BCUT2D eigenvalue weighted by Crippen LogP contribution is 2.29. The van der Waals surface area contributed by atoms with Gasteiger partial charge in [0.25, 0.3) is 0 Å². The van der Waals surface area contributed by atoms with E-state index in [-0.39, 0.29) is 24.1 Å². The molecule has 1 N–H and O–H groups in total. The Bertz CT molecular complexity index is 367. The highest BCUT2D eigenvalue weighted by Gasteiger charge is 2.24. The predicted octanol–water partition coefficient (Wildman–Crippen LogP) is 2.96. The van der Waals surface area contributed by atoms with Crippen LogP contribution >= 0.6 is 11.8 Å². The summed E-state index contributed by atoms with van der Waals surface area (Å²) in [6.07, 6.45) is 2.24. The summed E-state index contributed by atoms with van der Waals surface area (Å²) in [5.74, 6) is 2.87. The number of halogens is 1. The highest BCUT2D eigenvalue weighted by molar-refractivity contribution is 7.99. The van der Waals surface area contributed by atoms with Gasteiger partial charge in [0.1, 0.15) is 0 Å². The normalized spacial score (nSPS) is 18.6. The molecule has 1 atom stereocenters. The Morgan fingerprint density at radius 2 is 2.06 bits per heavy atom. The number of ether oxygens (including phenoxy) is 1. The molecule has 18 heavy (non-hydrogen) atoms. The van der Waals surface area contributed by atoms with Crippen molar-refractivity contribution >= 4 is 11.8 Å². The molecule has 100 valence electrons. The first kappa shape index (κ1) is 13.7. The lowest BCUT2D eigenvalue weighted by Gasteiger charge is -2.28. The van der Waals surface area contributed by atoms with Crippen LogP contribution in [0.3, 0.4) is 0 Å². The average Bonchev–Trinajstić information content (AvgIpc) is 2.42. The number of hydrogen-bond acceptors (Lipinski definition) is 3. The number of benzene rings is 1. The number of rotatable bonds is 5. The van der Waals surface area contributed by atoms with Crippen molar-refractivity contribution in [2.24, 2.45) is 11.8 Å². The molecule has 1 aromatic rings. The average molecular weight is 270 g/mol. The molecule has 1 aliphatic rings. The zero-order valence-electron chi connectivity index (χ0n) is 10.3. The van der Waals surface area contributed by atoms with Gasteiger partial charge in [0, 0.05) is 12.5 Å². The second-order valence-corrected chi connectivity index (χ2v) is 5.86. The van der Waals surface area contributed by atoms with E-state index in [1.54, 1.807) is 18.2 Å². The summed E-state index contributed by atoms with van der Waals surface area (Å²) in [5.41, 5.74) is 0. The fourth-order valence-corrected chi connectivity index (χ4v) is 3.43. The Morgan fingerprint density at radius 1 is 1.33 bits per heavy atom. The molecule has 0 spiro atoms. The van der Waals surface area contributed by atoms with Gasteiger partial charge >= 0.3 is 0 Å². The zero-order chi connectivity index (χ0) is 12.8. The van der Waals surface area contributed by atoms with Crippen LogP contribution in [0.5, 0.6) is 5.75 Å². The van der Waals surface area contributed by atoms with E-state index in [0.29, 0.717) is 12.5 Å². The molecule has 1 aromatic carbocycles. The molecule has 0 aromatic heterocycles. The van der Waals surface area contributed by atoms with Crippen molar-refractivity contribution in [3.05, 3.63) is 30.1 Å². The van der Waals surface area contributed by atoms with E-state index in [1.807, 2.05) is 11.8 Å². The number of aliphatic hydroxyl groups excluding tert-OH is 1. The highest BCUT2D eigenvalue weighted by atomic mass is 32.2. The Labute approximate surface area is 112 Å². The topological polar surface area (TPSA) is 29.5 Å². The minimum absolute atomic E-state index is 0.115. The van der Waals surface area contributed by atoms with Crippen LogP contribution in [0.2, 0.25) is 0 Å². The van der Waals surface area contributed by atoms with Crippen molar-refractivity contribution in [3.8, 4) is 5.75 Å². The fraction of sp³-hybridized carbons (Fsp3) is 0.571. The molecule has 2 rings (SSSR count). The number of aliphatic hydroxyl groups is 1. The van der Waals surface area contributed by atoms with E-state index in [4.69, 9.17) is 4.74 Å². The Kier molecular flexibility index (Phi) is 5.32. The maximum absolute atomic E-state index is 13.4. The van der Waals surface area contributed by atoms with E-state index in [9.17, 15) is 9.50 Å². The Hall–Kier alpha value is -0.740. The quantitative estimate of drug-likeness (QED) is 0.892. The molecule has 1 saturated heterocycles. The Morgan fingerprint density at radius 3 is 2.72 bits per heavy atom. The van der Waals surface area contributed by atoms with Crippen LogP contribution < -0.4 is 4.74 Å². The van der Waals surface area contributed by atoms with Gasteiger partial charge in [0.05, 0.1) is 6.61 Å². The fourth-order valence-electron chi connectivity index (χ4n) is 2.28. The van der Waals surface area contributed by atoms with Gasteiger partial charge in [0.15, 0.2) is 11.6 Å². The van der Waals surface area contributed by atoms with Crippen LogP contribution in [0.25, 0.3) is 0 Å². The van der Waals surface area contributed by atoms with Crippen LogP contribution in [-0.2, 0) is 0 Å². The smallest absolute Gasteiger partial charge is 0.165 e. The van der Waals surface area contributed by atoms with Crippen LogP contribution in [0.1, 0.15) is 12.8 Å². The maximum Gasteiger partial charge on any atom is 0.165 e. The van der Waals surface area contributed by atoms with Gasteiger partial charge in [-0.2, -0.15) is 11.8 Å². The minimum Gasteiger partial charge on any atom is -0.490 e. The SMILES string of the molecule is OCC(COc1ccccc1F)C1CCSCC1. The molecule has 0 saturated carbocycles. The third-order valence-electron chi connectivity index (χ3n) is 3.46.